The molecule has 0 spiro atoms. The van der Waals surface area contributed by atoms with Gasteiger partial charge in [0.25, 0.3) is 0 Å². The molecule has 0 amide bonds. The maximum absolute atomic E-state index is 5.95. The van der Waals surface area contributed by atoms with E-state index >= 15 is 0 Å². The number of thiophene rings is 1. The molecule has 1 rings (SSSR count). The van der Waals surface area contributed by atoms with Crippen LogP contribution in [0.5, 0.6) is 0 Å². The molecule has 3 heteroatoms. The van der Waals surface area contributed by atoms with Gasteiger partial charge in [-0.25, -0.2) is 0 Å². The Bertz CT molecular complexity index is 232. The van der Waals surface area contributed by atoms with Crippen LogP contribution in [0.25, 0.3) is 0 Å². The molecule has 1 aromatic heterocycles. The van der Waals surface area contributed by atoms with Crippen LogP contribution in [0, 0.1) is 6.92 Å². The van der Waals surface area contributed by atoms with E-state index in [4.69, 9.17) is 11.5 Å². The van der Waals surface area contributed by atoms with Crippen LogP contribution >= 0.6 is 11.3 Å². The molecular formula is C9H16N2S. The minimum atomic E-state index is 0.187. The molecular weight excluding hydrogens is 168 g/mol. The normalized spacial score (nSPS) is 13.2. The Morgan fingerprint density at radius 3 is 2.75 bits per heavy atom. The molecule has 0 radical (unpaired) electrons. The maximum atomic E-state index is 5.95. The average Bonchev–Trinajstić information content (AvgIpc) is 2.47. The standard InChI is InChI=1S/C9H16N2S/c1-7-4-5-9(12-7)8(11)3-2-6-10/h4-5,8H,2-3,6,10-11H2,1H3/t8-/m0/s1. The smallest absolute Gasteiger partial charge is 0.0390 e. The molecule has 0 aliphatic rings. The Morgan fingerprint density at radius 2 is 2.25 bits per heavy atom. The first-order valence-electron chi connectivity index (χ1n) is 4.26. The van der Waals surface area contributed by atoms with Gasteiger partial charge in [-0.15, -0.1) is 11.3 Å². The second-order valence-electron chi connectivity index (χ2n) is 2.99. The predicted molar refractivity (Wildman–Crippen MR) is 54.3 cm³/mol. The summed E-state index contributed by atoms with van der Waals surface area (Å²) in [6, 6.07) is 4.41. The topological polar surface area (TPSA) is 52.0 Å². The van der Waals surface area contributed by atoms with Crippen molar-refractivity contribution in [1.82, 2.24) is 0 Å². The third-order valence-electron chi connectivity index (χ3n) is 1.85. The lowest BCUT2D eigenvalue weighted by Gasteiger charge is -2.07. The van der Waals surface area contributed by atoms with Gasteiger partial charge in [-0.3, -0.25) is 0 Å². The van der Waals surface area contributed by atoms with Crippen molar-refractivity contribution in [3.63, 3.8) is 0 Å². The molecule has 1 atom stereocenters. The minimum absolute atomic E-state index is 0.187. The lowest BCUT2D eigenvalue weighted by molar-refractivity contribution is 0.626. The summed E-state index contributed by atoms with van der Waals surface area (Å²) in [5, 5.41) is 0. The Labute approximate surface area is 77.6 Å². The van der Waals surface area contributed by atoms with Crippen molar-refractivity contribution in [2.75, 3.05) is 6.54 Å². The SMILES string of the molecule is Cc1ccc([C@@H](N)CCCN)s1. The molecule has 4 N–H and O–H groups in total. The summed E-state index contributed by atoms with van der Waals surface area (Å²) in [5.41, 5.74) is 11.4. The first-order chi connectivity index (χ1) is 5.74. The van der Waals surface area contributed by atoms with Crippen molar-refractivity contribution in [2.45, 2.75) is 25.8 Å². The quantitative estimate of drug-likeness (QED) is 0.749. The summed E-state index contributed by atoms with van der Waals surface area (Å²) in [6.07, 6.45) is 2.01. The van der Waals surface area contributed by atoms with Crippen molar-refractivity contribution in [2.24, 2.45) is 11.5 Å². The van der Waals surface area contributed by atoms with Gasteiger partial charge in [0.15, 0.2) is 0 Å². The third kappa shape index (κ3) is 2.59. The molecule has 2 nitrogen and oxygen atoms in total. The van der Waals surface area contributed by atoms with Gasteiger partial charge in [0.05, 0.1) is 0 Å². The van der Waals surface area contributed by atoms with Crippen LogP contribution in [-0.4, -0.2) is 6.54 Å². The third-order valence-corrected chi connectivity index (χ3v) is 2.98. The number of rotatable bonds is 4. The first kappa shape index (κ1) is 9.71. The van der Waals surface area contributed by atoms with Gasteiger partial charge in [-0.1, -0.05) is 0 Å². The molecule has 12 heavy (non-hydrogen) atoms. The van der Waals surface area contributed by atoms with Gasteiger partial charge in [0.1, 0.15) is 0 Å². The number of hydrogen-bond donors (Lipinski definition) is 2. The van der Waals surface area contributed by atoms with Crippen LogP contribution in [0.4, 0.5) is 0 Å². The van der Waals surface area contributed by atoms with E-state index in [9.17, 15) is 0 Å². The first-order valence-corrected chi connectivity index (χ1v) is 5.07. The molecule has 0 aromatic carbocycles. The minimum Gasteiger partial charge on any atom is -0.330 e. The van der Waals surface area contributed by atoms with E-state index in [1.165, 1.54) is 9.75 Å². The Balaban J connectivity index is 2.47. The highest BCUT2D eigenvalue weighted by Gasteiger charge is 2.06. The summed E-state index contributed by atoms with van der Waals surface area (Å²) in [6.45, 7) is 2.84. The molecule has 0 saturated heterocycles. The molecule has 0 bridgehead atoms. The zero-order valence-electron chi connectivity index (χ0n) is 7.42. The van der Waals surface area contributed by atoms with Crippen molar-refractivity contribution in [1.29, 1.82) is 0 Å². The molecule has 0 aliphatic carbocycles. The summed E-state index contributed by atoms with van der Waals surface area (Å²) in [5.74, 6) is 0. The highest BCUT2D eigenvalue weighted by Crippen LogP contribution is 2.23. The van der Waals surface area contributed by atoms with Crippen LogP contribution in [0.2, 0.25) is 0 Å². The average molecular weight is 184 g/mol. The van der Waals surface area contributed by atoms with Gasteiger partial charge in [0.2, 0.25) is 0 Å². The molecule has 0 aliphatic heterocycles. The molecule has 0 saturated carbocycles. The Morgan fingerprint density at radius 1 is 1.50 bits per heavy atom. The van der Waals surface area contributed by atoms with Crippen molar-refractivity contribution in [3.05, 3.63) is 21.9 Å². The van der Waals surface area contributed by atoms with Gasteiger partial charge >= 0.3 is 0 Å². The second kappa shape index (κ2) is 4.60. The summed E-state index contributed by atoms with van der Waals surface area (Å²) >= 11 is 1.78. The summed E-state index contributed by atoms with van der Waals surface area (Å²) < 4.78 is 0. The van der Waals surface area contributed by atoms with Gasteiger partial charge in [-0.2, -0.15) is 0 Å². The van der Waals surface area contributed by atoms with Gasteiger partial charge in [0, 0.05) is 15.8 Å². The molecule has 1 aromatic rings. The van der Waals surface area contributed by atoms with Gasteiger partial charge in [-0.05, 0) is 38.4 Å². The van der Waals surface area contributed by atoms with E-state index in [-0.39, 0.29) is 6.04 Å². The van der Waals surface area contributed by atoms with E-state index in [2.05, 4.69) is 19.1 Å². The number of nitrogens with two attached hydrogens (primary N) is 2. The zero-order chi connectivity index (χ0) is 8.97. The largest absolute Gasteiger partial charge is 0.330 e. The van der Waals surface area contributed by atoms with Crippen LogP contribution in [0.15, 0.2) is 12.1 Å². The lowest BCUT2D eigenvalue weighted by Crippen LogP contribution is -2.10. The zero-order valence-corrected chi connectivity index (χ0v) is 8.23. The van der Waals surface area contributed by atoms with Crippen LogP contribution < -0.4 is 11.5 Å². The van der Waals surface area contributed by atoms with Crippen LogP contribution in [0.1, 0.15) is 28.6 Å². The van der Waals surface area contributed by atoms with Crippen LogP contribution in [0.3, 0.4) is 0 Å². The van der Waals surface area contributed by atoms with Crippen molar-refractivity contribution < 1.29 is 0 Å². The highest BCUT2D eigenvalue weighted by molar-refractivity contribution is 7.12. The summed E-state index contributed by atoms with van der Waals surface area (Å²) in [7, 11) is 0. The number of aryl methyl sites for hydroxylation is 1. The van der Waals surface area contributed by atoms with Crippen LogP contribution in [-0.2, 0) is 0 Å². The monoisotopic (exact) mass is 184 g/mol. The molecule has 1 heterocycles. The fraction of sp³-hybridized carbons (Fsp3) is 0.556. The Hall–Kier alpha value is -0.380. The fourth-order valence-electron chi connectivity index (χ4n) is 1.13. The van der Waals surface area contributed by atoms with Crippen molar-refractivity contribution in [3.8, 4) is 0 Å². The van der Waals surface area contributed by atoms with E-state index in [0.29, 0.717) is 0 Å². The fourth-order valence-corrected chi connectivity index (χ4v) is 2.05. The molecule has 68 valence electrons. The summed E-state index contributed by atoms with van der Waals surface area (Å²) in [4.78, 5) is 2.61. The van der Waals surface area contributed by atoms with E-state index in [1.807, 2.05) is 0 Å². The predicted octanol–water partition coefficient (Wildman–Crippen LogP) is 1.80. The van der Waals surface area contributed by atoms with E-state index in [0.717, 1.165) is 19.4 Å². The van der Waals surface area contributed by atoms with E-state index in [1.54, 1.807) is 11.3 Å². The van der Waals surface area contributed by atoms with Crippen molar-refractivity contribution >= 4 is 11.3 Å². The highest BCUT2D eigenvalue weighted by atomic mass is 32.1. The number of hydrogen-bond acceptors (Lipinski definition) is 3. The molecule has 0 fully saturated rings. The van der Waals surface area contributed by atoms with E-state index < -0.39 is 0 Å². The lowest BCUT2D eigenvalue weighted by atomic mass is 10.1. The maximum Gasteiger partial charge on any atom is 0.0390 e. The Kier molecular flexibility index (Phi) is 3.72. The second-order valence-corrected chi connectivity index (χ2v) is 4.31. The molecule has 0 unspecified atom stereocenters. The van der Waals surface area contributed by atoms with Gasteiger partial charge < -0.3 is 11.5 Å².